The lowest BCUT2D eigenvalue weighted by Gasteiger charge is -2.33. The van der Waals surface area contributed by atoms with Gasteiger partial charge in [-0.1, -0.05) is 0 Å². The zero-order valence-electron chi connectivity index (χ0n) is 14.4. The van der Waals surface area contributed by atoms with E-state index in [0.717, 1.165) is 25.4 Å². The minimum absolute atomic E-state index is 0.0545. The molecular weight excluding hydrogens is 355 g/mol. The van der Waals surface area contributed by atoms with E-state index in [4.69, 9.17) is 14.6 Å². The van der Waals surface area contributed by atoms with Crippen LogP contribution in [-0.4, -0.2) is 83.4 Å². The number of carboxylic acid groups (broad SMARTS) is 1. The van der Waals surface area contributed by atoms with Crippen LogP contribution in [-0.2, 0) is 9.53 Å². The summed E-state index contributed by atoms with van der Waals surface area (Å²) in [5.74, 6) is -2.70. The third-order valence-corrected chi connectivity index (χ3v) is 4.27. The van der Waals surface area contributed by atoms with Crippen LogP contribution in [0.15, 0.2) is 18.3 Å². The van der Waals surface area contributed by atoms with Gasteiger partial charge in [0.15, 0.2) is 0 Å². The molecule has 0 aliphatic carbocycles. The van der Waals surface area contributed by atoms with Crippen LogP contribution in [0.4, 0.5) is 13.2 Å². The highest BCUT2D eigenvalue weighted by Gasteiger charge is 2.40. The first-order chi connectivity index (χ1) is 12.1. The molecule has 2 saturated heterocycles. The molecule has 0 bridgehead atoms. The molecule has 7 nitrogen and oxygen atoms in total. The van der Waals surface area contributed by atoms with E-state index in [1.165, 1.54) is 0 Å². The van der Waals surface area contributed by atoms with Crippen LogP contribution in [0.1, 0.15) is 16.1 Å². The van der Waals surface area contributed by atoms with E-state index >= 15 is 0 Å². The van der Waals surface area contributed by atoms with Crippen LogP contribution in [0.5, 0.6) is 0 Å². The van der Waals surface area contributed by atoms with Crippen LogP contribution in [0.3, 0.4) is 0 Å². The Morgan fingerprint density at radius 3 is 2.46 bits per heavy atom. The van der Waals surface area contributed by atoms with Crippen molar-refractivity contribution in [2.45, 2.75) is 25.2 Å². The van der Waals surface area contributed by atoms with Crippen LogP contribution < -0.4 is 0 Å². The van der Waals surface area contributed by atoms with Gasteiger partial charge in [-0.15, -0.1) is 0 Å². The number of likely N-dealkylation sites (N-methyl/N-ethyl adjacent to an activating group) is 1. The van der Waals surface area contributed by atoms with Gasteiger partial charge in [0.1, 0.15) is 0 Å². The number of likely N-dealkylation sites (tertiary alicyclic amines) is 1. The highest BCUT2D eigenvalue weighted by atomic mass is 19.4. The second-order valence-electron chi connectivity index (χ2n) is 6.16. The molecule has 3 heterocycles. The number of morpholine rings is 1. The number of aliphatic carboxylic acids is 1. The van der Waals surface area contributed by atoms with Gasteiger partial charge in [0.05, 0.1) is 24.3 Å². The average Bonchev–Trinajstić information content (AvgIpc) is 3.00. The number of aromatic nitrogens is 1. The molecule has 26 heavy (non-hydrogen) atoms. The Morgan fingerprint density at radius 2 is 1.96 bits per heavy atom. The number of aryl methyl sites for hydroxylation is 1. The van der Waals surface area contributed by atoms with Crippen molar-refractivity contribution in [2.75, 3.05) is 33.3 Å². The minimum Gasteiger partial charge on any atom is -0.475 e. The van der Waals surface area contributed by atoms with E-state index in [1.54, 1.807) is 6.20 Å². The molecule has 1 aromatic rings. The number of carboxylic acids is 1. The van der Waals surface area contributed by atoms with Gasteiger partial charge >= 0.3 is 12.1 Å². The Labute approximate surface area is 148 Å². The van der Waals surface area contributed by atoms with Gasteiger partial charge in [-0.25, -0.2) is 4.79 Å². The SMILES string of the molecule is Cc1ccc(C(=O)N2C[C@@H]3OCCN(C)[C@@H]3C2)cn1.O=C(O)C(F)(F)F. The van der Waals surface area contributed by atoms with Gasteiger partial charge in [0.2, 0.25) is 0 Å². The molecular formula is C16H20F3N3O4. The number of fused-ring (bicyclic) bond motifs is 1. The topological polar surface area (TPSA) is 83.0 Å². The van der Waals surface area contributed by atoms with Gasteiger partial charge in [0, 0.05) is 31.5 Å². The monoisotopic (exact) mass is 375 g/mol. The molecule has 0 radical (unpaired) electrons. The Bertz CT molecular complexity index is 651. The van der Waals surface area contributed by atoms with E-state index < -0.39 is 12.1 Å². The molecule has 0 unspecified atom stereocenters. The Kier molecular flexibility index (Phi) is 6.19. The highest BCUT2D eigenvalue weighted by molar-refractivity contribution is 5.94. The predicted octanol–water partition coefficient (Wildman–Crippen LogP) is 1.18. The summed E-state index contributed by atoms with van der Waals surface area (Å²) in [7, 11) is 2.10. The summed E-state index contributed by atoms with van der Waals surface area (Å²) in [6.45, 7) is 5.04. The largest absolute Gasteiger partial charge is 0.490 e. The summed E-state index contributed by atoms with van der Waals surface area (Å²) < 4.78 is 37.5. The maximum Gasteiger partial charge on any atom is 0.490 e. The number of halogens is 3. The number of hydrogen-bond acceptors (Lipinski definition) is 5. The van der Waals surface area contributed by atoms with Crippen LogP contribution in [0.2, 0.25) is 0 Å². The molecule has 2 atom stereocenters. The fourth-order valence-corrected chi connectivity index (χ4v) is 2.80. The normalized spacial score (nSPS) is 23.0. The molecule has 2 fully saturated rings. The number of hydrogen-bond donors (Lipinski definition) is 1. The quantitative estimate of drug-likeness (QED) is 0.794. The summed E-state index contributed by atoms with van der Waals surface area (Å²) in [5, 5.41) is 7.12. The van der Waals surface area contributed by atoms with Crippen molar-refractivity contribution in [1.82, 2.24) is 14.8 Å². The number of carbonyl (C=O) groups excluding carboxylic acids is 1. The van der Waals surface area contributed by atoms with Crippen molar-refractivity contribution in [1.29, 1.82) is 0 Å². The third kappa shape index (κ3) is 4.92. The molecule has 1 amide bonds. The summed E-state index contributed by atoms with van der Waals surface area (Å²) in [4.78, 5) is 29.7. The first kappa shape index (κ1) is 20.1. The fraction of sp³-hybridized carbons (Fsp3) is 0.562. The zero-order valence-corrected chi connectivity index (χ0v) is 14.4. The lowest BCUT2D eigenvalue weighted by Crippen LogP contribution is -2.48. The number of carbonyl (C=O) groups is 2. The lowest BCUT2D eigenvalue weighted by atomic mass is 10.1. The summed E-state index contributed by atoms with van der Waals surface area (Å²) in [5.41, 5.74) is 1.58. The van der Waals surface area contributed by atoms with Gasteiger partial charge in [-0.3, -0.25) is 14.7 Å². The van der Waals surface area contributed by atoms with E-state index in [0.29, 0.717) is 18.2 Å². The summed E-state index contributed by atoms with van der Waals surface area (Å²) in [6, 6.07) is 4.05. The van der Waals surface area contributed by atoms with Crippen LogP contribution in [0, 0.1) is 6.92 Å². The van der Waals surface area contributed by atoms with Crippen molar-refractivity contribution < 1.29 is 32.6 Å². The Morgan fingerprint density at radius 1 is 1.31 bits per heavy atom. The Hall–Kier alpha value is -2.20. The number of pyridine rings is 1. The molecule has 144 valence electrons. The standard InChI is InChI=1S/C14H19N3O2.C2HF3O2/c1-10-3-4-11(7-15-10)14(18)17-8-12-13(9-17)19-6-5-16(12)2;3-2(4,5)1(6)7/h3-4,7,12-13H,5-6,8-9H2,1-2H3;(H,6,7)/t12-,13+;/m1./s1. The molecule has 10 heteroatoms. The summed E-state index contributed by atoms with van der Waals surface area (Å²) >= 11 is 0. The number of nitrogens with zero attached hydrogens (tertiary/aromatic N) is 3. The number of ether oxygens (including phenoxy) is 1. The second-order valence-corrected chi connectivity index (χ2v) is 6.16. The maximum absolute atomic E-state index is 12.4. The molecule has 0 aromatic carbocycles. The molecule has 3 rings (SSSR count). The minimum atomic E-state index is -5.08. The maximum atomic E-state index is 12.4. The number of amides is 1. The summed E-state index contributed by atoms with van der Waals surface area (Å²) in [6.07, 6.45) is -3.27. The van der Waals surface area contributed by atoms with Crippen LogP contribution in [0.25, 0.3) is 0 Å². The van der Waals surface area contributed by atoms with Crippen molar-refractivity contribution >= 4 is 11.9 Å². The van der Waals surface area contributed by atoms with Gasteiger partial charge in [-0.05, 0) is 26.1 Å². The predicted molar refractivity (Wildman–Crippen MR) is 84.7 cm³/mol. The highest BCUT2D eigenvalue weighted by Crippen LogP contribution is 2.23. The molecule has 1 aromatic heterocycles. The van der Waals surface area contributed by atoms with Crippen molar-refractivity contribution in [2.24, 2.45) is 0 Å². The van der Waals surface area contributed by atoms with E-state index in [9.17, 15) is 18.0 Å². The third-order valence-electron chi connectivity index (χ3n) is 4.27. The van der Waals surface area contributed by atoms with Gasteiger partial charge < -0.3 is 14.7 Å². The van der Waals surface area contributed by atoms with Crippen molar-refractivity contribution in [3.8, 4) is 0 Å². The van der Waals surface area contributed by atoms with Gasteiger partial charge in [0.25, 0.3) is 5.91 Å². The van der Waals surface area contributed by atoms with Crippen molar-refractivity contribution in [3.05, 3.63) is 29.6 Å². The lowest BCUT2D eigenvalue weighted by molar-refractivity contribution is -0.192. The first-order valence-electron chi connectivity index (χ1n) is 7.93. The second kappa shape index (κ2) is 8.00. The molecule has 0 spiro atoms. The molecule has 2 aliphatic rings. The molecule has 0 saturated carbocycles. The smallest absolute Gasteiger partial charge is 0.475 e. The van der Waals surface area contributed by atoms with Crippen molar-refractivity contribution in [3.63, 3.8) is 0 Å². The fourth-order valence-electron chi connectivity index (χ4n) is 2.80. The van der Waals surface area contributed by atoms with E-state index in [1.807, 2.05) is 24.0 Å². The first-order valence-corrected chi connectivity index (χ1v) is 7.93. The Balaban J connectivity index is 0.000000298. The van der Waals surface area contributed by atoms with Gasteiger partial charge in [-0.2, -0.15) is 13.2 Å². The number of alkyl halides is 3. The zero-order chi connectivity index (χ0) is 19.5. The molecule has 2 aliphatic heterocycles. The van der Waals surface area contributed by atoms with E-state index in [2.05, 4.69) is 16.9 Å². The molecule has 1 N–H and O–H groups in total. The number of rotatable bonds is 1. The van der Waals surface area contributed by atoms with E-state index in [-0.39, 0.29) is 12.0 Å². The van der Waals surface area contributed by atoms with Crippen LogP contribution >= 0.6 is 0 Å². The average molecular weight is 375 g/mol.